The van der Waals surface area contributed by atoms with Crippen LogP contribution >= 0.6 is 0 Å². The number of hydrogen-bond acceptors (Lipinski definition) is 4. The van der Waals surface area contributed by atoms with E-state index in [-0.39, 0.29) is 10.8 Å². The Hall–Kier alpha value is -5.48. The van der Waals surface area contributed by atoms with Crippen LogP contribution in [0.25, 0.3) is 16.7 Å². The van der Waals surface area contributed by atoms with Crippen LogP contribution in [0.3, 0.4) is 0 Å². The summed E-state index contributed by atoms with van der Waals surface area (Å²) in [4.78, 5) is 4.78. The maximum absolute atomic E-state index is 6.11. The Morgan fingerprint density at radius 1 is 0.661 bits per heavy atom. The molecular formula is C58H70N2O2. The van der Waals surface area contributed by atoms with Crippen LogP contribution in [0, 0.1) is 17.3 Å². The van der Waals surface area contributed by atoms with Crippen molar-refractivity contribution in [1.29, 1.82) is 0 Å². The molecule has 0 saturated carbocycles. The van der Waals surface area contributed by atoms with Gasteiger partial charge in [-0.25, -0.2) is 0 Å². The highest BCUT2D eigenvalue weighted by molar-refractivity contribution is 5.84. The highest BCUT2D eigenvalue weighted by atomic mass is 16.5. The van der Waals surface area contributed by atoms with Crippen LogP contribution in [-0.4, -0.2) is 14.2 Å². The highest BCUT2D eigenvalue weighted by Gasteiger charge is 2.27. The van der Waals surface area contributed by atoms with Crippen LogP contribution in [0.15, 0.2) is 151 Å². The molecule has 0 aromatic heterocycles. The smallest absolute Gasteiger partial charge is 0.121 e. The van der Waals surface area contributed by atoms with E-state index in [1.807, 2.05) is 0 Å². The number of allylic oxidation sites excluding steroid dienone is 10. The van der Waals surface area contributed by atoms with Gasteiger partial charge in [0.2, 0.25) is 0 Å². The number of methoxy groups -OCH3 is 2. The number of unbranched alkanes of at least 4 members (excludes halogenated alkanes) is 1. The third kappa shape index (κ3) is 10.4. The van der Waals surface area contributed by atoms with E-state index in [0.29, 0.717) is 11.8 Å². The maximum Gasteiger partial charge on any atom is 0.121 e. The second-order valence-corrected chi connectivity index (χ2v) is 19.6. The van der Waals surface area contributed by atoms with Gasteiger partial charge in [0.05, 0.1) is 25.6 Å². The molecule has 0 bridgehead atoms. The summed E-state index contributed by atoms with van der Waals surface area (Å²) in [5, 5.41) is 0. The quantitative estimate of drug-likeness (QED) is 0.125. The van der Waals surface area contributed by atoms with Crippen molar-refractivity contribution in [2.75, 3.05) is 24.0 Å². The molecule has 0 N–H and O–H groups in total. The van der Waals surface area contributed by atoms with E-state index in [1.54, 1.807) is 19.8 Å². The molecule has 4 heteroatoms. The predicted molar refractivity (Wildman–Crippen MR) is 266 cm³/mol. The number of benzene rings is 4. The van der Waals surface area contributed by atoms with Crippen LogP contribution < -0.4 is 19.3 Å². The van der Waals surface area contributed by atoms with E-state index in [0.717, 1.165) is 71.1 Å². The molecule has 0 fully saturated rings. The summed E-state index contributed by atoms with van der Waals surface area (Å²) in [5.41, 5.74) is 14.4. The molecule has 4 aromatic rings. The van der Waals surface area contributed by atoms with E-state index < -0.39 is 0 Å². The molecule has 0 radical (unpaired) electrons. The zero-order chi connectivity index (χ0) is 44.0. The van der Waals surface area contributed by atoms with Gasteiger partial charge in [-0.05, 0) is 157 Å². The first-order chi connectivity index (χ1) is 29.7. The standard InChI is InChI=1S/C58H70N2O2/c1-11-12-16-41(2)42-19-27-49(28-20-42)59(51-31-23-47(24-32-51)57(3,4)5)53-35-45(37-55(39-53)61-9)46-36-54(40-56(38-46)62-10)60(52-33-25-48(26-34-52)58(6,7)8)50-29-21-44(22-30-50)43-17-14-13-15-18-43/h16-17,19-21,23-25,27-40,44,48H,11-15,18,22,26H2,1-10H3. The molecule has 3 aliphatic carbocycles. The lowest BCUT2D eigenvalue weighted by molar-refractivity contribution is 0.293. The van der Waals surface area contributed by atoms with E-state index in [4.69, 9.17) is 9.47 Å². The van der Waals surface area contributed by atoms with E-state index >= 15 is 0 Å². The average Bonchev–Trinajstić information content (AvgIpc) is 3.28. The highest BCUT2D eigenvalue weighted by Crippen LogP contribution is 2.44. The summed E-state index contributed by atoms with van der Waals surface area (Å²) in [5.74, 6) is 2.55. The first-order valence-corrected chi connectivity index (χ1v) is 23.1. The van der Waals surface area contributed by atoms with Gasteiger partial charge in [0.15, 0.2) is 0 Å². The lowest BCUT2D eigenvalue weighted by atomic mass is 9.77. The first kappa shape index (κ1) is 44.6. The molecule has 2 atom stereocenters. The largest absolute Gasteiger partial charge is 0.497 e. The van der Waals surface area contributed by atoms with E-state index in [9.17, 15) is 0 Å². The van der Waals surface area contributed by atoms with Gasteiger partial charge >= 0.3 is 0 Å². The minimum atomic E-state index is 0.0460. The lowest BCUT2D eigenvalue weighted by Gasteiger charge is -2.35. The Morgan fingerprint density at radius 2 is 1.24 bits per heavy atom. The number of anilines is 4. The van der Waals surface area contributed by atoms with Crippen LogP contribution in [0.2, 0.25) is 0 Å². The fraction of sp³-hybridized carbons (Fsp3) is 0.379. The van der Waals surface area contributed by atoms with Gasteiger partial charge in [-0.1, -0.05) is 121 Å². The number of hydrogen-bond donors (Lipinski definition) is 0. The Bertz CT molecular complexity index is 2370. The average molecular weight is 827 g/mol. The van der Waals surface area contributed by atoms with Gasteiger partial charge in [0.1, 0.15) is 11.5 Å². The summed E-state index contributed by atoms with van der Waals surface area (Å²) in [6, 6.07) is 31.2. The number of nitrogens with zero attached hydrogens (tertiary/aromatic N) is 2. The molecule has 4 nitrogen and oxygen atoms in total. The Balaban J connectivity index is 1.33. The van der Waals surface area contributed by atoms with E-state index in [1.165, 1.54) is 53.8 Å². The third-order valence-corrected chi connectivity index (χ3v) is 13.0. The van der Waals surface area contributed by atoms with Gasteiger partial charge in [-0.2, -0.15) is 0 Å². The fourth-order valence-electron chi connectivity index (χ4n) is 9.02. The minimum Gasteiger partial charge on any atom is -0.497 e. The molecule has 0 saturated heterocycles. The van der Waals surface area contributed by atoms with Gasteiger partial charge < -0.3 is 19.3 Å². The molecule has 7 rings (SSSR count). The van der Waals surface area contributed by atoms with Crippen molar-refractivity contribution in [3.8, 4) is 22.6 Å². The second kappa shape index (κ2) is 19.3. The first-order valence-electron chi connectivity index (χ1n) is 23.1. The molecule has 0 heterocycles. The topological polar surface area (TPSA) is 24.9 Å². The predicted octanol–water partition coefficient (Wildman–Crippen LogP) is 16.6. The van der Waals surface area contributed by atoms with Crippen molar-refractivity contribution in [2.45, 2.75) is 112 Å². The van der Waals surface area contributed by atoms with Gasteiger partial charge in [-0.15, -0.1) is 0 Å². The molecule has 3 aliphatic rings. The van der Waals surface area contributed by atoms with Gasteiger partial charge in [-0.3, -0.25) is 0 Å². The van der Waals surface area contributed by atoms with Crippen molar-refractivity contribution in [3.63, 3.8) is 0 Å². The van der Waals surface area contributed by atoms with Crippen molar-refractivity contribution in [1.82, 2.24) is 0 Å². The summed E-state index contributed by atoms with van der Waals surface area (Å²) in [6.45, 7) is 18.3. The van der Waals surface area contributed by atoms with Crippen LogP contribution in [0.5, 0.6) is 11.5 Å². The van der Waals surface area contributed by atoms with Crippen molar-refractivity contribution in [2.24, 2.45) is 17.3 Å². The van der Waals surface area contributed by atoms with Crippen molar-refractivity contribution >= 4 is 28.3 Å². The SMILES string of the molecule is CCCC=C(C)c1ccc(N(c2ccc(C(C)(C)C)cc2)c2cc(OC)cc(-c3cc(OC)cc(N(C4=CCC(C5=CCCCC5)C=C4)C4=CCC(C(C)(C)C)C=C4)c3)c2)cc1. The third-order valence-electron chi connectivity index (χ3n) is 13.0. The summed E-state index contributed by atoms with van der Waals surface area (Å²) in [7, 11) is 3.53. The molecule has 0 spiro atoms. The normalized spacial score (nSPS) is 18.2. The summed E-state index contributed by atoms with van der Waals surface area (Å²) in [6.07, 6.45) is 28.5. The van der Waals surface area contributed by atoms with Crippen molar-refractivity contribution in [3.05, 3.63) is 162 Å². The van der Waals surface area contributed by atoms with Crippen LogP contribution in [-0.2, 0) is 5.41 Å². The molecule has 4 aromatic carbocycles. The van der Waals surface area contributed by atoms with Crippen LogP contribution in [0.1, 0.15) is 118 Å². The molecule has 0 amide bonds. The lowest BCUT2D eigenvalue weighted by Crippen LogP contribution is -2.25. The monoisotopic (exact) mass is 827 g/mol. The van der Waals surface area contributed by atoms with Crippen LogP contribution in [0.4, 0.5) is 22.7 Å². The summed E-state index contributed by atoms with van der Waals surface area (Å²) < 4.78 is 12.2. The Morgan fingerprint density at radius 3 is 1.73 bits per heavy atom. The fourth-order valence-corrected chi connectivity index (χ4v) is 9.02. The molecule has 324 valence electrons. The molecule has 0 aliphatic heterocycles. The minimum absolute atomic E-state index is 0.0460. The maximum atomic E-state index is 6.11. The molecular weight excluding hydrogens is 757 g/mol. The summed E-state index contributed by atoms with van der Waals surface area (Å²) >= 11 is 0. The van der Waals surface area contributed by atoms with Gasteiger partial charge in [0.25, 0.3) is 0 Å². The number of ether oxygens (including phenoxy) is 2. The van der Waals surface area contributed by atoms with Gasteiger partial charge in [0, 0.05) is 40.8 Å². The molecule has 2 unspecified atom stereocenters. The molecule has 62 heavy (non-hydrogen) atoms. The Kier molecular flexibility index (Phi) is 13.9. The van der Waals surface area contributed by atoms with E-state index in [2.05, 4.69) is 199 Å². The zero-order valence-electron chi connectivity index (χ0n) is 39.2. The second-order valence-electron chi connectivity index (χ2n) is 19.6. The number of rotatable bonds is 13. The zero-order valence-corrected chi connectivity index (χ0v) is 39.2. The van der Waals surface area contributed by atoms with Crippen molar-refractivity contribution < 1.29 is 9.47 Å². The Labute approximate surface area is 374 Å².